The zero-order chi connectivity index (χ0) is 26.2. The highest BCUT2D eigenvalue weighted by molar-refractivity contribution is 7.89. The molecule has 1 aliphatic heterocycles. The fourth-order valence-electron chi connectivity index (χ4n) is 4.19. The van der Waals surface area contributed by atoms with E-state index in [1.807, 2.05) is 0 Å². The van der Waals surface area contributed by atoms with Gasteiger partial charge in [0.2, 0.25) is 10.0 Å². The summed E-state index contributed by atoms with van der Waals surface area (Å²) in [5.74, 6) is -0.576. The number of nitrogens with one attached hydrogen (secondary N) is 1. The predicted octanol–water partition coefficient (Wildman–Crippen LogP) is 6.59. The van der Waals surface area contributed by atoms with Crippen LogP contribution < -0.4 is 5.32 Å². The van der Waals surface area contributed by atoms with Crippen LogP contribution in [0.4, 0.5) is 5.69 Å². The van der Waals surface area contributed by atoms with Crippen molar-refractivity contribution < 1.29 is 13.2 Å². The zero-order valence-corrected chi connectivity index (χ0v) is 23.5. The summed E-state index contributed by atoms with van der Waals surface area (Å²) in [5.41, 5.74) is 2.42. The predicted molar refractivity (Wildman–Crippen MR) is 144 cm³/mol. The lowest BCUT2D eigenvalue weighted by molar-refractivity contribution is 0.102. The van der Waals surface area contributed by atoms with Crippen molar-refractivity contribution in [2.45, 2.75) is 44.6 Å². The van der Waals surface area contributed by atoms with E-state index in [-0.39, 0.29) is 20.5 Å². The third-order valence-corrected chi connectivity index (χ3v) is 9.57. The minimum atomic E-state index is -3.87. The number of carbonyl (C=O) groups is 1. The van der Waals surface area contributed by atoms with Gasteiger partial charge in [-0.1, -0.05) is 58.9 Å². The molecule has 12 heteroatoms. The normalized spacial score (nSPS) is 14.7. The smallest absolute Gasteiger partial charge is 0.257 e. The first-order valence-corrected chi connectivity index (χ1v) is 14.2. The van der Waals surface area contributed by atoms with Gasteiger partial charge >= 0.3 is 0 Å². The van der Waals surface area contributed by atoms with Crippen molar-refractivity contribution >= 4 is 68.0 Å². The van der Waals surface area contributed by atoms with Crippen LogP contribution in [0.25, 0.3) is 0 Å². The molecular formula is C24H24Cl4N4O3S. The van der Waals surface area contributed by atoms with Crippen LogP contribution in [0.15, 0.2) is 35.2 Å². The Kier molecular flexibility index (Phi) is 8.24. The van der Waals surface area contributed by atoms with Crippen LogP contribution in [0.5, 0.6) is 0 Å². The molecule has 0 bridgehead atoms. The molecule has 7 nitrogen and oxygen atoms in total. The van der Waals surface area contributed by atoms with Crippen LogP contribution in [0, 0.1) is 13.8 Å². The lowest BCUT2D eigenvalue weighted by Crippen LogP contribution is -2.35. The van der Waals surface area contributed by atoms with Crippen LogP contribution in [0.1, 0.15) is 46.6 Å². The molecule has 2 aromatic carbocycles. The number of aromatic nitrogens is 2. The van der Waals surface area contributed by atoms with Gasteiger partial charge in [-0.3, -0.25) is 9.48 Å². The maximum Gasteiger partial charge on any atom is 0.257 e. The number of amides is 1. The number of sulfonamides is 1. The minimum absolute atomic E-state index is 0.00245. The molecule has 1 aromatic heterocycles. The third-order valence-electron chi connectivity index (χ3n) is 6.19. The lowest BCUT2D eigenvalue weighted by Gasteiger charge is -2.26. The molecule has 1 N–H and O–H groups in total. The Labute approximate surface area is 230 Å². The van der Waals surface area contributed by atoms with Crippen molar-refractivity contribution in [3.8, 4) is 0 Å². The summed E-state index contributed by atoms with van der Waals surface area (Å²) >= 11 is 25.2. The molecule has 3 aromatic rings. The molecule has 1 saturated heterocycles. The number of nitrogens with zero attached hydrogens (tertiary/aromatic N) is 3. The molecule has 0 atom stereocenters. The quantitative estimate of drug-likeness (QED) is 0.351. The summed E-state index contributed by atoms with van der Waals surface area (Å²) in [5, 5.41) is 8.38. The molecule has 0 unspecified atom stereocenters. The van der Waals surface area contributed by atoms with E-state index in [9.17, 15) is 13.2 Å². The maximum atomic E-state index is 13.3. The van der Waals surface area contributed by atoms with Crippen molar-refractivity contribution in [3.63, 3.8) is 0 Å². The van der Waals surface area contributed by atoms with Crippen LogP contribution >= 0.6 is 46.4 Å². The summed E-state index contributed by atoms with van der Waals surface area (Å²) in [7, 11) is -3.87. The van der Waals surface area contributed by atoms with Gasteiger partial charge in [0, 0.05) is 28.7 Å². The van der Waals surface area contributed by atoms with Gasteiger partial charge in [-0.25, -0.2) is 8.42 Å². The Morgan fingerprint density at radius 1 is 0.972 bits per heavy atom. The van der Waals surface area contributed by atoms with Gasteiger partial charge in [0.1, 0.15) is 4.90 Å². The Bertz CT molecular complexity index is 1410. The van der Waals surface area contributed by atoms with Crippen molar-refractivity contribution in [2.75, 3.05) is 18.4 Å². The lowest BCUT2D eigenvalue weighted by atomic mass is 10.2. The van der Waals surface area contributed by atoms with Gasteiger partial charge in [0.25, 0.3) is 5.91 Å². The van der Waals surface area contributed by atoms with E-state index in [0.29, 0.717) is 52.3 Å². The van der Waals surface area contributed by atoms with Crippen molar-refractivity contribution in [1.29, 1.82) is 0 Å². The molecule has 2 heterocycles. The average molecular weight is 590 g/mol. The van der Waals surface area contributed by atoms with E-state index in [1.54, 1.807) is 36.7 Å². The Morgan fingerprint density at radius 3 is 2.25 bits per heavy atom. The maximum absolute atomic E-state index is 13.3. The number of hydrogen-bond acceptors (Lipinski definition) is 4. The fourth-order valence-corrected chi connectivity index (χ4v) is 7.06. The first-order chi connectivity index (χ1) is 17.0. The number of halogens is 4. The molecule has 1 fully saturated rings. The number of aryl methyl sites for hydroxylation is 1. The number of hydrogen-bond donors (Lipinski definition) is 1. The van der Waals surface area contributed by atoms with E-state index in [1.165, 1.54) is 16.4 Å². The second kappa shape index (κ2) is 10.9. The molecule has 0 radical (unpaired) electrons. The largest absolute Gasteiger partial charge is 0.319 e. The van der Waals surface area contributed by atoms with E-state index in [2.05, 4.69) is 10.4 Å². The Balaban J connectivity index is 1.64. The van der Waals surface area contributed by atoms with Gasteiger partial charge in [0.15, 0.2) is 0 Å². The monoisotopic (exact) mass is 588 g/mol. The Hall–Kier alpha value is -1.81. The first kappa shape index (κ1) is 27.2. The highest BCUT2D eigenvalue weighted by atomic mass is 35.5. The summed E-state index contributed by atoms with van der Waals surface area (Å²) in [4.78, 5) is 13.1. The second-order valence-electron chi connectivity index (χ2n) is 8.59. The van der Waals surface area contributed by atoms with Crippen LogP contribution in [0.3, 0.4) is 0 Å². The summed E-state index contributed by atoms with van der Waals surface area (Å²) in [6.45, 7) is 4.69. The topological polar surface area (TPSA) is 84.3 Å². The van der Waals surface area contributed by atoms with Gasteiger partial charge < -0.3 is 5.32 Å². The number of anilines is 1. The van der Waals surface area contributed by atoms with E-state index in [0.717, 1.165) is 19.3 Å². The van der Waals surface area contributed by atoms with Gasteiger partial charge in [0.05, 0.1) is 39.2 Å². The summed E-state index contributed by atoms with van der Waals surface area (Å²) in [6, 6.07) is 7.78. The standard InChI is InChI=1S/C24H24Cl4N4O3S/c1-14-23(15(2)32(30-14)13-17-18(25)7-6-8-19(17)26)29-24(33)16-11-22(21(28)12-20(16)27)36(34,35)31-9-4-3-5-10-31/h6-8,11-12H,3-5,9-10,13H2,1-2H3,(H,29,33). The molecule has 0 aliphatic carbocycles. The SMILES string of the molecule is Cc1nn(Cc2c(Cl)cccc2Cl)c(C)c1NC(=O)c1cc(S(=O)(=O)N2CCCCC2)c(Cl)cc1Cl. The first-order valence-electron chi connectivity index (χ1n) is 11.3. The van der Waals surface area contributed by atoms with Crippen molar-refractivity contribution in [2.24, 2.45) is 0 Å². The highest BCUT2D eigenvalue weighted by Crippen LogP contribution is 2.33. The van der Waals surface area contributed by atoms with E-state index < -0.39 is 15.9 Å². The fraction of sp³-hybridized carbons (Fsp3) is 0.333. The van der Waals surface area contributed by atoms with Crippen molar-refractivity contribution in [1.82, 2.24) is 14.1 Å². The van der Waals surface area contributed by atoms with Crippen LogP contribution in [0.2, 0.25) is 20.1 Å². The summed E-state index contributed by atoms with van der Waals surface area (Å²) < 4.78 is 29.5. The highest BCUT2D eigenvalue weighted by Gasteiger charge is 2.30. The molecule has 36 heavy (non-hydrogen) atoms. The molecule has 192 valence electrons. The molecule has 1 amide bonds. The number of carbonyl (C=O) groups excluding carboxylic acids is 1. The summed E-state index contributed by atoms with van der Waals surface area (Å²) in [6.07, 6.45) is 2.53. The number of benzene rings is 2. The molecule has 1 aliphatic rings. The Morgan fingerprint density at radius 2 is 1.61 bits per heavy atom. The number of rotatable bonds is 6. The zero-order valence-electron chi connectivity index (χ0n) is 19.6. The molecule has 0 spiro atoms. The molecule has 0 saturated carbocycles. The third kappa shape index (κ3) is 5.39. The molecular weight excluding hydrogens is 566 g/mol. The van der Waals surface area contributed by atoms with Crippen molar-refractivity contribution in [3.05, 3.63) is 72.9 Å². The van der Waals surface area contributed by atoms with Gasteiger partial charge in [-0.05, 0) is 51.0 Å². The van der Waals surface area contributed by atoms with Gasteiger partial charge in [-0.2, -0.15) is 9.40 Å². The van der Waals surface area contributed by atoms with E-state index in [4.69, 9.17) is 46.4 Å². The molecule has 4 rings (SSSR count). The van der Waals surface area contributed by atoms with Crippen LogP contribution in [-0.2, 0) is 16.6 Å². The van der Waals surface area contributed by atoms with Crippen LogP contribution in [-0.4, -0.2) is 41.5 Å². The second-order valence-corrected chi connectivity index (χ2v) is 12.1. The average Bonchev–Trinajstić information content (AvgIpc) is 3.09. The van der Waals surface area contributed by atoms with E-state index >= 15 is 0 Å². The minimum Gasteiger partial charge on any atom is -0.319 e. The number of piperidine rings is 1. The van der Waals surface area contributed by atoms with Gasteiger partial charge in [-0.15, -0.1) is 0 Å².